The van der Waals surface area contributed by atoms with E-state index in [4.69, 9.17) is 4.74 Å². The Morgan fingerprint density at radius 2 is 1.80 bits per heavy atom. The van der Waals surface area contributed by atoms with E-state index in [0.29, 0.717) is 19.2 Å². The van der Waals surface area contributed by atoms with Crippen molar-refractivity contribution < 1.29 is 9.84 Å². The smallest absolute Gasteiger partial charge is 0.120 e. The molecule has 1 aliphatic rings. The second-order valence-corrected chi connectivity index (χ2v) is 6.81. The highest BCUT2D eigenvalue weighted by molar-refractivity contribution is 5.83. The number of anilines is 1. The van der Waals surface area contributed by atoms with Crippen molar-refractivity contribution in [3.8, 4) is 5.75 Å². The molecule has 1 heterocycles. The molecular formula is C22H23NO2. The summed E-state index contributed by atoms with van der Waals surface area (Å²) >= 11 is 0. The Morgan fingerprint density at radius 3 is 2.68 bits per heavy atom. The van der Waals surface area contributed by atoms with Crippen LogP contribution in [0, 0.1) is 0 Å². The van der Waals surface area contributed by atoms with E-state index < -0.39 is 6.10 Å². The molecule has 0 unspecified atom stereocenters. The van der Waals surface area contributed by atoms with Gasteiger partial charge in [0.15, 0.2) is 0 Å². The molecule has 0 amide bonds. The summed E-state index contributed by atoms with van der Waals surface area (Å²) in [6.07, 6.45) is 0.508. The van der Waals surface area contributed by atoms with Crippen molar-refractivity contribution in [1.29, 1.82) is 0 Å². The highest BCUT2D eigenvalue weighted by Gasteiger charge is 2.27. The van der Waals surface area contributed by atoms with Crippen molar-refractivity contribution in [1.82, 2.24) is 0 Å². The lowest BCUT2D eigenvalue weighted by Gasteiger charge is -2.27. The molecule has 25 heavy (non-hydrogen) atoms. The first-order valence-corrected chi connectivity index (χ1v) is 8.85. The van der Waals surface area contributed by atoms with Crippen LogP contribution in [0.3, 0.4) is 0 Å². The van der Waals surface area contributed by atoms with Crippen LogP contribution in [0.1, 0.15) is 12.5 Å². The van der Waals surface area contributed by atoms with E-state index in [2.05, 4.69) is 54.3 Å². The molecule has 1 N–H and O–H groups in total. The third-order valence-electron chi connectivity index (χ3n) is 4.92. The van der Waals surface area contributed by atoms with Gasteiger partial charge >= 0.3 is 0 Å². The number of aliphatic hydroxyl groups excluding tert-OH is 1. The van der Waals surface area contributed by atoms with E-state index in [1.54, 1.807) is 0 Å². The van der Waals surface area contributed by atoms with Crippen LogP contribution in [0.25, 0.3) is 10.8 Å². The van der Waals surface area contributed by atoms with Crippen LogP contribution in [0.2, 0.25) is 0 Å². The fourth-order valence-corrected chi connectivity index (χ4v) is 3.64. The third kappa shape index (κ3) is 3.33. The fraction of sp³-hybridized carbons (Fsp3) is 0.273. The predicted molar refractivity (Wildman–Crippen MR) is 102 cm³/mol. The summed E-state index contributed by atoms with van der Waals surface area (Å²) in [7, 11) is 0. The maximum atomic E-state index is 10.5. The molecule has 3 nitrogen and oxygen atoms in total. The summed E-state index contributed by atoms with van der Waals surface area (Å²) < 4.78 is 5.83. The Hall–Kier alpha value is -2.52. The Balaban J connectivity index is 1.39. The summed E-state index contributed by atoms with van der Waals surface area (Å²) in [5.74, 6) is 0.799. The Labute approximate surface area is 148 Å². The zero-order valence-corrected chi connectivity index (χ0v) is 14.4. The van der Waals surface area contributed by atoms with Crippen molar-refractivity contribution in [2.24, 2.45) is 0 Å². The quantitative estimate of drug-likeness (QED) is 0.765. The van der Waals surface area contributed by atoms with Gasteiger partial charge in [0, 0.05) is 18.3 Å². The molecule has 1 aliphatic heterocycles. The number of ether oxygens (including phenoxy) is 1. The number of rotatable bonds is 5. The van der Waals surface area contributed by atoms with Crippen molar-refractivity contribution in [3.05, 3.63) is 72.3 Å². The molecule has 2 atom stereocenters. The average molecular weight is 333 g/mol. The average Bonchev–Trinajstić information content (AvgIpc) is 2.95. The largest absolute Gasteiger partial charge is 0.491 e. The van der Waals surface area contributed by atoms with Gasteiger partial charge in [-0.15, -0.1) is 0 Å². The van der Waals surface area contributed by atoms with Crippen LogP contribution in [0.5, 0.6) is 5.75 Å². The van der Waals surface area contributed by atoms with Gasteiger partial charge in [-0.2, -0.15) is 0 Å². The van der Waals surface area contributed by atoms with Gasteiger partial charge in [-0.05, 0) is 47.9 Å². The van der Waals surface area contributed by atoms with Crippen molar-refractivity contribution >= 4 is 16.5 Å². The molecule has 0 bridgehead atoms. The second kappa shape index (κ2) is 6.77. The third-order valence-corrected chi connectivity index (χ3v) is 4.92. The van der Waals surface area contributed by atoms with Gasteiger partial charge in [0.1, 0.15) is 18.5 Å². The number of fused-ring (bicyclic) bond motifs is 2. The molecule has 128 valence electrons. The normalized spacial score (nSPS) is 17.5. The molecule has 3 aromatic rings. The Kier molecular flexibility index (Phi) is 4.33. The minimum atomic E-state index is -0.528. The molecule has 0 aliphatic carbocycles. The highest BCUT2D eigenvalue weighted by Crippen LogP contribution is 2.31. The number of β-amino-alcohol motifs (C(OH)–C–C–N with tert-alkyl or cyclic N) is 1. The summed E-state index contributed by atoms with van der Waals surface area (Å²) in [4.78, 5) is 2.28. The van der Waals surface area contributed by atoms with E-state index in [1.165, 1.54) is 16.6 Å². The van der Waals surface area contributed by atoms with E-state index >= 15 is 0 Å². The monoisotopic (exact) mass is 333 g/mol. The van der Waals surface area contributed by atoms with Crippen LogP contribution >= 0.6 is 0 Å². The van der Waals surface area contributed by atoms with E-state index in [-0.39, 0.29) is 0 Å². The van der Waals surface area contributed by atoms with Crippen molar-refractivity contribution in [2.45, 2.75) is 25.5 Å². The van der Waals surface area contributed by atoms with E-state index in [9.17, 15) is 5.11 Å². The van der Waals surface area contributed by atoms with Crippen LogP contribution in [-0.4, -0.2) is 30.4 Å². The van der Waals surface area contributed by atoms with Crippen molar-refractivity contribution in [3.63, 3.8) is 0 Å². The Morgan fingerprint density at radius 1 is 1.04 bits per heavy atom. The second-order valence-electron chi connectivity index (χ2n) is 6.81. The van der Waals surface area contributed by atoms with Gasteiger partial charge in [0.2, 0.25) is 0 Å². The summed E-state index contributed by atoms with van der Waals surface area (Å²) in [5.41, 5.74) is 2.59. The maximum absolute atomic E-state index is 10.5. The van der Waals surface area contributed by atoms with Crippen molar-refractivity contribution in [2.75, 3.05) is 18.1 Å². The number of nitrogens with zero attached hydrogens (tertiary/aromatic N) is 1. The molecule has 0 saturated carbocycles. The van der Waals surface area contributed by atoms with Crippen LogP contribution in [0.4, 0.5) is 5.69 Å². The molecule has 3 aromatic carbocycles. The van der Waals surface area contributed by atoms with Gasteiger partial charge < -0.3 is 14.7 Å². The first-order chi connectivity index (χ1) is 12.2. The molecule has 0 fully saturated rings. The van der Waals surface area contributed by atoms with Crippen LogP contribution in [0.15, 0.2) is 66.7 Å². The lowest BCUT2D eigenvalue weighted by Crippen LogP contribution is -2.39. The van der Waals surface area contributed by atoms with Gasteiger partial charge in [0.05, 0.1) is 0 Å². The molecule has 4 rings (SSSR count). The first-order valence-electron chi connectivity index (χ1n) is 8.85. The topological polar surface area (TPSA) is 32.7 Å². The maximum Gasteiger partial charge on any atom is 0.120 e. The van der Waals surface area contributed by atoms with E-state index in [1.807, 2.05) is 24.3 Å². The van der Waals surface area contributed by atoms with Crippen LogP contribution < -0.4 is 9.64 Å². The lowest BCUT2D eigenvalue weighted by molar-refractivity contribution is 0.111. The highest BCUT2D eigenvalue weighted by atomic mass is 16.5. The van der Waals surface area contributed by atoms with Crippen LogP contribution in [-0.2, 0) is 6.42 Å². The minimum absolute atomic E-state index is 0.295. The number of hydrogen-bond donors (Lipinski definition) is 1. The molecule has 3 heteroatoms. The molecule has 0 saturated heterocycles. The van der Waals surface area contributed by atoms with E-state index in [0.717, 1.165) is 17.6 Å². The van der Waals surface area contributed by atoms with Gasteiger partial charge in [-0.1, -0.05) is 48.5 Å². The number of para-hydroxylation sites is 1. The summed E-state index contributed by atoms with van der Waals surface area (Å²) in [5, 5.41) is 12.8. The Bertz CT molecular complexity index is 877. The molecule has 0 spiro atoms. The standard InChI is InChI=1S/C22H23NO2/c1-16-12-19-8-4-5-9-22(19)23(16)14-20(24)15-25-21-11-10-17-6-2-3-7-18(17)13-21/h2-11,13,16,20,24H,12,14-15H2,1H3/t16-,20+/m1/s1. The minimum Gasteiger partial charge on any atom is -0.491 e. The molecular weight excluding hydrogens is 310 g/mol. The lowest BCUT2D eigenvalue weighted by atomic mass is 10.1. The fourth-order valence-electron chi connectivity index (χ4n) is 3.64. The van der Waals surface area contributed by atoms with Gasteiger partial charge in [-0.25, -0.2) is 0 Å². The predicted octanol–water partition coefficient (Wildman–Crippen LogP) is 4.03. The summed E-state index contributed by atoms with van der Waals surface area (Å²) in [6, 6.07) is 23.1. The van der Waals surface area contributed by atoms with Gasteiger partial charge in [0.25, 0.3) is 0 Å². The zero-order valence-electron chi connectivity index (χ0n) is 14.4. The molecule has 0 radical (unpaired) electrons. The number of hydrogen-bond acceptors (Lipinski definition) is 3. The summed E-state index contributed by atoms with van der Waals surface area (Å²) in [6.45, 7) is 3.09. The van der Waals surface area contributed by atoms with Gasteiger partial charge in [-0.3, -0.25) is 0 Å². The molecule has 0 aromatic heterocycles. The zero-order chi connectivity index (χ0) is 17.2. The SMILES string of the molecule is C[C@@H]1Cc2ccccc2N1C[C@H](O)COc1ccc2ccccc2c1. The first kappa shape index (κ1) is 16.0. The number of benzene rings is 3. The number of aliphatic hydroxyl groups is 1.